The average Bonchev–Trinajstić information content (AvgIpc) is 2.95. The van der Waals surface area contributed by atoms with E-state index in [1.807, 2.05) is 6.07 Å². The van der Waals surface area contributed by atoms with E-state index in [4.69, 9.17) is 14.2 Å². The molecule has 3 amide bonds. The molecule has 232 valence electrons. The van der Waals surface area contributed by atoms with E-state index in [0.29, 0.717) is 5.56 Å². The molecule has 0 fully saturated rings. The number of carbonyl (C=O) groups is 5. The number of amides is 3. The van der Waals surface area contributed by atoms with Gasteiger partial charge >= 0.3 is 18.0 Å². The number of alkyl carbamates (subject to hydrolysis) is 1. The number of hydrogen-bond acceptors (Lipinski definition) is 8. The largest absolute Gasteiger partial charge is 0.460 e. The monoisotopic (exact) mass is 595 g/mol. The lowest BCUT2D eigenvalue weighted by Crippen LogP contribution is -2.53. The third-order valence-electron chi connectivity index (χ3n) is 5.86. The maximum absolute atomic E-state index is 13.6. The standard InChI is InChI=1S/C32H41N3O8/c1-7-18-41-30(39)26(21(2)3)34-29(38)27(23-16-12-9-13-17-23)35-28(37)24(19-25(36)43-32(4,5)6)33-31(40)42-20-22-14-10-8-11-15-22/h7-17,21,24,26-27H,1,18-20H2,2-6H3,(H,33,40)(H,34,38)(H,35,37). The number of carbonyl (C=O) groups excluding carboxylic acids is 5. The summed E-state index contributed by atoms with van der Waals surface area (Å²) in [4.78, 5) is 65.0. The van der Waals surface area contributed by atoms with E-state index in [2.05, 4.69) is 22.5 Å². The van der Waals surface area contributed by atoms with Crippen LogP contribution in [-0.4, -0.2) is 54.1 Å². The molecule has 43 heavy (non-hydrogen) atoms. The highest BCUT2D eigenvalue weighted by atomic mass is 16.6. The first-order valence-corrected chi connectivity index (χ1v) is 13.9. The van der Waals surface area contributed by atoms with Crippen LogP contribution in [0.1, 0.15) is 58.2 Å². The molecule has 0 aliphatic heterocycles. The van der Waals surface area contributed by atoms with Gasteiger partial charge in [0, 0.05) is 0 Å². The van der Waals surface area contributed by atoms with Gasteiger partial charge in [0.15, 0.2) is 0 Å². The van der Waals surface area contributed by atoms with E-state index >= 15 is 0 Å². The molecule has 3 N–H and O–H groups in total. The SMILES string of the molecule is C=CCOC(=O)C(NC(=O)C(NC(=O)C(CC(=O)OC(C)(C)C)NC(=O)OCc1ccccc1)c1ccccc1)C(C)C. The maximum atomic E-state index is 13.6. The van der Waals surface area contributed by atoms with E-state index < -0.39 is 60.0 Å². The van der Waals surface area contributed by atoms with Gasteiger partial charge in [0.1, 0.15) is 36.9 Å². The van der Waals surface area contributed by atoms with E-state index in [0.717, 1.165) is 5.56 Å². The summed E-state index contributed by atoms with van der Waals surface area (Å²) in [7, 11) is 0. The molecule has 3 atom stereocenters. The Bertz CT molecular complexity index is 1240. The minimum Gasteiger partial charge on any atom is -0.460 e. The van der Waals surface area contributed by atoms with Crippen LogP contribution in [0.2, 0.25) is 0 Å². The Balaban J connectivity index is 2.29. The normalized spacial score (nSPS) is 13.1. The highest BCUT2D eigenvalue weighted by Crippen LogP contribution is 2.16. The number of nitrogens with one attached hydrogen (secondary N) is 3. The molecule has 0 aliphatic rings. The van der Waals surface area contributed by atoms with E-state index in [-0.39, 0.29) is 19.1 Å². The molecule has 2 aromatic rings. The van der Waals surface area contributed by atoms with Crippen molar-refractivity contribution in [3.8, 4) is 0 Å². The van der Waals surface area contributed by atoms with Crippen LogP contribution < -0.4 is 16.0 Å². The van der Waals surface area contributed by atoms with Crippen molar-refractivity contribution in [2.45, 2.75) is 71.4 Å². The second-order valence-corrected chi connectivity index (χ2v) is 11.1. The first-order valence-electron chi connectivity index (χ1n) is 13.9. The molecule has 0 spiro atoms. The van der Waals surface area contributed by atoms with Crippen molar-refractivity contribution in [2.24, 2.45) is 5.92 Å². The predicted molar refractivity (Wildman–Crippen MR) is 159 cm³/mol. The van der Waals surface area contributed by atoms with Gasteiger partial charge in [-0.1, -0.05) is 87.2 Å². The van der Waals surface area contributed by atoms with Gasteiger partial charge in [0.05, 0.1) is 6.42 Å². The summed E-state index contributed by atoms with van der Waals surface area (Å²) in [6.45, 7) is 11.9. The molecule has 0 saturated carbocycles. The summed E-state index contributed by atoms with van der Waals surface area (Å²) < 4.78 is 15.7. The van der Waals surface area contributed by atoms with Crippen LogP contribution in [0.25, 0.3) is 0 Å². The Morgan fingerprint density at radius 2 is 1.44 bits per heavy atom. The second-order valence-electron chi connectivity index (χ2n) is 11.1. The number of ether oxygens (including phenoxy) is 3. The fourth-order valence-electron chi connectivity index (χ4n) is 3.82. The van der Waals surface area contributed by atoms with Crippen LogP contribution in [-0.2, 0) is 40.0 Å². The summed E-state index contributed by atoms with van der Waals surface area (Å²) in [5.74, 6) is -3.29. The molecular formula is C32H41N3O8. The first kappa shape index (κ1) is 34.5. The van der Waals surface area contributed by atoms with Crippen molar-refractivity contribution in [3.05, 3.63) is 84.4 Å². The zero-order valence-corrected chi connectivity index (χ0v) is 25.3. The van der Waals surface area contributed by atoms with Gasteiger partial charge in [-0.25, -0.2) is 9.59 Å². The van der Waals surface area contributed by atoms with Crippen LogP contribution in [0.3, 0.4) is 0 Å². The van der Waals surface area contributed by atoms with Crippen molar-refractivity contribution in [2.75, 3.05) is 6.61 Å². The lowest BCUT2D eigenvalue weighted by molar-refractivity contribution is -0.156. The van der Waals surface area contributed by atoms with Crippen LogP contribution in [0.4, 0.5) is 4.79 Å². The Morgan fingerprint density at radius 3 is 2.00 bits per heavy atom. The molecule has 2 aromatic carbocycles. The third-order valence-corrected chi connectivity index (χ3v) is 5.86. The number of hydrogen-bond donors (Lipinski definition) is 3. The molecular weight excluding hydrogens is 554 g/mol. The first-order chi connectivity index (χ1) is 20.3. The second kappa shape index (κ2) is 16.7. The summed E-state index contributed by atoms with van der Waals surface area (Å²) in [5, 5.41) is 7.67. The van der Waals surface area contributed by atoms with Crippen LogP contribution in [0.15, 0.2) is 73.3 Å². The van der Waals surface area contributed by atoms with Gasteiger partial charge < -0.3 is 30.2 Å². The molecule has 0 radical (unpaired) electrons. The molecule has 0 bridgehead atoms. The van der Waals surface area contributed by atoms with Gasteiger partial charge in [-0.15, -0.1) is 0 Å². The van der Waals surface area contributed by atoms with Crippen LogP contribution in [0.5, 0.6) is 0 Å². The van der Waals surface area contributed by atoms with Gasteiger partial charge in [-0.3, -0.25) is 14.4 Å². The molecule has 11 nitrogen and oxygen atoms in total. The Morgan fingerprint density at radius 1 is 0.837 bits per heavy atom. The Labute approximate surface area is 252 Å². The highest BCUT2D eigenvalue weighted by Gasteiger charge is 2.34. The summed E-state index contributed by atoms with van der Waals surface area (Å²) in [6.07, 6.45) is -0.0693. The Hall–Kier alpha value is -4.67. The van der Waals surface area contributed by atoms with Gasteiger partial charge in [0.25, 0.3) is 0 Å². The van der Waals surface area contributed by atoms with Gasteiger partial charge in [-0.2, -0.15) is 0 Å². The van der Waals surface area contributed by atoms with Crippen molar-refractivity contribution in [1.29, 1.82) is 0 Å². The topological polar surface area (TPSA) is 149 Å². The van der Waals surface area contributed by atoms with E-state index in [1.165, 1.54) is 6.08 Å². The Kier molecular flexibility index (Phi) is 13.4. The maximum Gasteiger partial charge on any atom is 0.408 e. The van der Waals surface area contributed by atoms with Crippen molar-refractivity contribution < 1.29 is 38.2 Å². The van der Waals surface area contributed by atoms with E-state index in [1.54, 1.807) is 89.2 Å². The minimum absolute atomic E-state index is 0.0326. The summed E-state index contributed by atoms with van der Waals surface area (Å²) >= 11 is 0. The van der Waals surface area contributed by atoms with Gasteiger partial charge in [0.2, 0.25) is 11.8 Å². The molecule has 0 saturated heterocycles. The summed E-state index contributed by atoms with van der Waals surface area (Å²) in [6, 6.07) is 13.5. The third kappa shape index (κ3) is 12.4. The molecule has 0 aromatic heterocycles. The summed E-state index contributed by atoms with van der Waals surface area (Å²) in [5.41, 5.74) is 0.278. The smallest absolute Gasteiger partial charge is 0.408 e. The highest BCUT2D eigenvalue weighted by molar-refractivity contribution is 5.95. The van der Waals surface area contributed by atoms with Crippen molar-refractivity contribution >= 4 is 29.8 Å². The molecule has 3 unspecified atom stereocenters. The molecule has 11 heteroatoms. The zero-order chi connectivity index (χ0) is 32.0. The average molecular weight is 596 g/mol. The van der Waals surface area contributed by atoms with E-state index in [9.17, 15) is 24.0 Å². The van der Waals surface area contributed by atoms with Crippen molar-refractivity contribution in [3.63, 3.8) is 0 Å². The minimum atomic E-state index is -1.45. The lowest BCUT2D eigenvalue weighted by atomic mass is 10.0. The fourth-order valence-corrected chi connectivity index (χ4v) is 3.82. The van der Waals surface area contributed by atoms with Crippen LogP contribution in [0, 0.1) is 5.92 Å². The number of esters is 2. The zero-order valence-electron chi connectivity index (χ0n) is 25.3. The fraction of sp³-hybridized carbons (Fsp3) is 0.406. The quantitative estimate of drug-likeness (QED) is 0.170. The lowest BCUT2D eigenvalue weighted by Gasteiger charge is -2.27. The molecule has 0 heterocycles. The number of benzene rings is 2. The predicted octanol–water partition coefficient (Wildman–Crippen LogP) is 3.74. The van der Waals surface area contributed by atoms with Gasteiger partial charge in [-0.05, 0) is 37.8 Å². The van der Waals surface area contributed by atoms with Crippen molar-refractivity contribution in [1.82, 2.24) is 16.0 Å². The molecule has 2 rings (SSSR count). The number of rotatable bonds is 14. The molecule has 0 aliphatic carbocycles. The van der Waals surface area contributed by atoms with Crippen LogP contribution >= 0.6 is 0 Å².